The van der Waals surface area contributed by atoms with Crippen LogP contribution in [0.5, 0.6) is 0 Å². The molecule has 2 amide bonds. The second kappa shape index (κ2) is 4.62. The molecule has 5 nitrogen and oxygen atoms in total. The van der Waals surface area contributed by atoms with Gasteiger partial charge in [0.05, 0.1) is 12.0 Å². The van der Waals surface area contributed by atoms with Crippen molar-refractivity contribution in [3.05, 3.63) is 36.0 Å². The van der Waals surface area contributed by atoms with Crippen LogP contribution in [-0.2, 0) is 4.79 Å². The first-order valence-electron chi connectivity index (χ1n) is 7.40. The molecule has 2 aliphatic heterocycles. The molecule has 2 fully saturated rings. The largest absolute Gasteiger partial charge is 0.361 e. The van der Waals surface area contributed by atoms with Crippen LogP contribution < -0.4 is 5.32 Å². The van der Waals surface area contributed by atoms with Crippen LogP contribution >= 0.6 is 0 Å². The van der Waals surface area contributed by atoms with E-state index in [1.807, 2.05) is 35.4 Å². The number of hydrogen-bond donors (Lipinski definition) is 2. The Morgan fingerprint density at radius 3 is 3.10 bits per heavy atom. The summed E-state index contributed by atoms with van der Waals surface area (Å²) in [5.41, 5.74) is 1.68. The smallest absolute Gasteiger partial charge is 0.254 e. The van der Waals surface area contributed by atoms with Gasteiger partial charge in [-0.05, 0) is 31.0 Å². The minimum Gasteiger partial charge on any atom is -0.361 e. The molecule has 4 rings (SSSR count). The summed E-state index contributed by atoms with van der Waals surface area (Å²) in [6, 6.07) is 7.67. The third-order valence-electron chi connectivity index (χ3n) is 4.69. The first kappa shape index (κ1) is 12.4. The van der Waals surface area contributed by atoms with Gasteiger partial charge in [0.25, 0.3) is 5.91 Å². The fraction of sp³-hybridized carbons (Fsp3) is 0.375. The van der Waals surface area contributed by atoms with E-state index in [-0.39, 0.29) is 23.8 Å². The van der Waals surface area contributed by atoms with Crippen molar-refractivity contribution in [2.24, 2.45) is 5.92 Å². The fourth-order valence-corrected chi connectivity index (χ4v) is 3.63. The zero-order valence-corrected chi connectivity index (χ0v) is 11.6. The van der Waals surface area contributed by atoms with Gasteiger partial charge in [-0.15, -0.1) is 0 Å². The van der Waals surface area contributed by atoms with Crippen molar-refractivity contribution < 1.29 is 9.59 Å². The molecule has 5 heteroatoms. The number of likely N-dealkylation sites (tertiary alicyclic amines) is 1. The molecule has 2 aromatic rings. The Labute approximate surface area is 122 Å². The van der Waals surface area contributed by atoms with Crippen molar-refractivity contribution in [3.63, 3.8) is 0 Å². The molecule has 2 saturated heterocycles. The lowest BCUT2D eigenvalue weighted by atomic mass is 9.90. The van der Waals surface area contributed by atoms with Crippen molar-refractivity contribution in [1.82, 2.24) is 15.2 Å². The van der Waals surface area contributed by atoms with Crippen LogP contribution in [0.25, 0.3) is 10.9 Å². The highest BCUT2D eigenvalue weighted by Crippen LogP contribution is 2.29. The van der Waals surface area contributed by atoms with Gasteiger partial charge in [-0.25, -0.2) is 0 Å². The molecule has 0 saturated carbocycles. The number of amides is 2. The summed E-state index contributed by atoms with van der Waals surface area (Å²) in [6.45, 7) is 1.31. The maximum absolute atomic E-state index is 12.9. The number of benzene rings is 1. The van der Waals surface area contributed by atoms with Gasteiger partial charge in [-0.2, -0.15) is 0 Å². The Morgan fingerprint density at radius 2 is 2.19 bits per heavy atom. The molecule has 0 spiro atoms. The van der Waals surface area contributed by atoms with Crippen LogP contribution in [0.2, 0.25) is 0 Å². The summed E-state index contributed by atoms with van der Waals surface area (Å²) in [6.07, 6.45) is 3.62. The lowest BCUT2D eigenvalue weighted by Crippen LogP contribution is -2.48. The molecule has 2 atom stereocenters. The molecular formula is C16H17N3O2. The Morgan fingerprint density at radius 1 is 1.29 bits per heavy atom. The number of rotatable bonds is 1. The first-order valence-corrected chi connectivity index (χ1v) is 7.40. The summed E-state index contributed by atoms with van der Waals surface area (Å²) in [7, 11) is 0. The maximum atomic E-state index is 12.9. The molecular weight excluding hydrogens is 266 g/mol. The van der Waals surface area contributed by atoms with Crippen LogP contribution in [0.4, 0.5) is 0 Å². The third-order valence-corrected chi connectivity index (χ3v) is 4.69. The highest BCUT2D eigenvalue weighted by molar-refractivity contribution is 6.06. The van der Waals surface area contributed by atoms with E-state index in [1.165, 1.54) is 0 Å². The van der Waals surface area contributed by atoms with Crippen LogP contribution in [-0.4, -0.2) is 40.8 Å². The molecule has 108 valence electrons. The minimum atomic E-state index is -0.0341. The van der Waals surface area contributed by atoms with Gasteiger partial charge in [0.1, 0.15) is 0 Å². The first-order chi connectivity index (χ1) is 10.3. The van der Waals surface area contributed by atoms with E-state index in [0.717, 1.165) is 30.3 Å². The van der Waals surface area contributed by atoms with Gasteiger partial charge in [-0.1, -0.05) is 6.07 Å². The lowest BCUT2D eigenvalue weighted by molar-refractivity contribution is -0.123. The normalized spacial score (nSPS) is 25.0. The standard InChI is InChI=1S/C16H17N3O2/c20-15-12-4-2-8-19(14(12)9-18-15)16(21)11-3-1-5-13-10(11)6-7-17-13/h1,3,5-7,12,14,17H,2,4,8-9H2,(H,18,20). The topological polar surface area (TPSA) is 65.2 Å². The number of fused-ring (bicyclic) bond motifs is 2. The predicted octanol–water partition coefficient (Wildman–Crippen LogP) is 1.52. The van der Waals surface area contributed by atoms with Gasteiger partial charge in [0.15, 0.2) is 0 Å². The Bertz CT molecular complexity index is 721. The summed E-state index contributed by atoms with van der Waals surface area (Å²) >= 11 is 0. The minimum absolute atomic E-state index is 0.00736. The zero-order valence-electron chi connectivity index (χ0n) is 11.6. The average Bonchev–Trinajstić information content (AvgIpc) is 3.13. The number of hydrogen-bond acceptors (Lipinski definition) is 2. The second-order valence-corrected chi connectivity index (χ2v) is 5.80. The molecule has 0 radical (unpaired) electrons. The molecule has 1 aromatic carbocycles. The molecule has 2 aliphatic rings. The molecule has 2 unspecified atom stereocenters. The molecule has 0 bridgehead atoms. The van der Waals surface area contributed by atoms with Crippen molar-refractivity contribution in [1.29, 1.82) is 0 Å². The number of aromatic nitrogens is 1. The Balaban J connectivity index is 1.71. The van der Waals surface area contributed by atoms with Crippen LogP contribution in [0.3, 0.4) is 0 Å². The lowest BCUT2D eigenvalue weighted by Gasteiger charge is -2.36. The number of carbonyl (C=O) groups excluding carboxylic acids is 2. The number of piperidine rings is 1. The monoisotopic (exact) mass is 283 g/mol. The highest BCUT2D eigenvalue weighted by atomic mass is 16.2. The van der Waals surface area contributed by atoms with Gasteiger partial charge < -0.3 is 15.2 Å². The van der Waals surface area contributed by atoms with E-state index in [1.54, 1.807) is 0 Å². The van der Waals surface area contributed by atoms with Gasteiger partial charge in [-0.3, -0.25) is 9.59 Å². The summed E-state index contributed by atoms with van der Waals surface area (Å²) in [5.74, 6) is 0.0943. The Hall–Kier alpha value is -2.30. The number of nitrogens with zero attached hydrogens (tertiary/aromatic N) is 1. The van der Waals surface area contributed by atoms with E-state index in [2.05, 4.69) is 10.3 Å². The SMILES string of the molecule is O=C1NCC2C1CCCN2C(=O)c1cccc2[nH]ccc12. The van der Waals surface area contributed by atoms with E-state index in [4.69, 9.17) is 0 Å². The molecule has 21 heavy (non-hydrogen) atoms. The zero-order chi connectivity index (χ0) is 14.4. The van der Waals surface area contributed by atoms with Crippen molar-refractivity contribution in [2.45, 2.75) is 18.9 Å². The molecule has 3 heterocycles. The maximum Gasteiger partial charge on any atom is 0.254 e. The van der Waals surface area contributed by atoms with Crippen LogP contribution in [0, 0.1) is 5.92 Å². The number of aromatic amines is 1. The molecule has 1 aromatic heterocycles. The summed E-state index contributed by atoms with van der Waals surface area (Å²) < 4.78 is 0. The average molecular weight is 283 g/mol. The summed E-state index contributed by atoms with van der Waals surface area (Å²) in [4.78, 5) is 29.8. The van der Waals surface area contributed by atoms with E-state index >= 15 is 0 Å². The van der Waals surface area contributed by atoms with Gasteiger partial charge in [0.2, 0.25) is 5.91 Å². The Kier molecular flexibility index (Phi) is 2.74. The quantitative estimate of drug-likeness (QED) is 0.833. The van der Waals surface area contributed by atoms with Crippen LogP contribution in [0.15, 0.2) is 30.5 Å². The summed E-state index contributed by atoms with van der Waals surface area (Å²) in [5, 5.41) is 3.84. The number of nitrogens with one attached hydrogen (secondary N) is 2. The van der Waals surface area contributed by atoms with Gasteiger partial charge >= 0.3 is 0 Å². The fourth-order valence-electron chi connectivity index (χ4n) is 3.63. The van der Waals surface area contributed by atoms with E-state index in [9.17, 15) is 9.59 Å². The number of carbonyl (C=O) groups is 2. The van der Waals surface area contributed by atoms with Crippen molar-refractivity contribution >= 4 is 22.7 Å². The molecule has 0 aliphatic carbocycles. The second-order valence-electron chi connectivity index (χ2n) is 5.80. The van der Waals surface area contributed by atoms with Crippen molar-refractivity contribution in [3.8, 4) is 0 Å². The van der Waals surface area contributed by atoms with Gasteiger partial charge in [0, 0.05) is 35.8 Å². The van der Waals surface area contributed by atoms with E-state index < -0.39 is 0 Å². The van der Waals surface area contributed by atoms with Crippen molar-refractivity contribution in [2.75, 3.05) is 13.1 Å². The molecule has 2 N–H and O–H groups in total. The number of H-pyrrole nitrogens is 1. The van der Waals surface area contributed by atoms with E-state index in [0.29, 0.717) is 12.1 Å². The predicted molar refractivity (Wildman–Crippen MR) is 78.9 cm³/mol. The third kappa shape index (κ3) is 1.84. The highest BCUT2D eigenvalue weighted by Gasteiger charge is 2.42. The van der Waals surface area contributed by atoms with Crippen LogP contribution in [0.1, 0.15) is 23.2 Å².